The van der Waals surface area contributed by atoms with Crippen molar-refractivity contribution in [3.05, 3.63) is 71.2 Å². The summed E-state index contributed by atoms with van der Waals surface area (Å²) in [5.74, 6) is -0.657. The highest BCUT2D eigenvalue weighted by Gasteiger charge is 2.28. The van der Waals surface area contributed by atoms with Crippen molar-refractivity contribution in [2.24, 2.45) is 0 Å². The zero-order valence-electron chi connectivity index (χ0n) is 20.0. The molecule has 2 aromatic heterocycles. The van der Waals surface area contributed by atoms with Crippen LogP contribution in [0.5, 0.6) is 0 Å². The molecule has 0 aliphatic carbocycles. The normalized spacial score (nSPS) is 13.3. The monoisotopic (exact) mass is 494 g/mol. The number of hydrogen-bond donors (Lipinski definition) is 0. The summed E-state index contributed by atoms with van der Waals surface area (Å²) >= 11 is 0. The van der Waals surface area contributed by atoms with Crippen LogP contribution in [0.15, 0.2) is 53.1 Å². The van der Waals surface area contributed by atoms with Crippen molar-refractivity contribution in [3.63, 3.8) is 0 Å². The first-order valence-electron chi connectivity index (χ1n) is 11.4. The third kappa shape index (κ3) is 5.09. The molecule has 0 saturated heterocycles. The standard InChI is InChI=1S/C25H24F2N6O3/c1-25(2,3)36-24(34)32-12-18-9-8-17(10-19(18)13-32)20-14-33(31-28-20)11-15-4-6-16(7-5-15)22-29-30-23(35-22)21(26)27/h4-10,14,21H,11-13H2,1-3H3. The Morgan fingerprint density at radius 3 is 2.44 bits per heavy atom. The summed E-state index contributed by atoms with van der Waals surface area (Å²) in [7, 11) is 0. The van der Waals surface area contributed by atoms with Crippen molar-refractivity contribution in [2.45, 2.75) is 52.4 Å². The van der Waals surface area contributed by atoms with Crippen LogP contribution in [0, 0.1) is 0 Å². The molecule has 0 N–H and O–H groups in total. The van der Waals surface area contributed by atoms with Crippen molar-refractivity contribution < 1.29 is 22.7 Å². The van der Waals surface area contributed by atoms with Crippen LogP contribution in [0.3, 0.4) is 0 Å². The van der Waals surface area contributed by atoms with Crippen molar-refractivity contribution in [3.8, 4) is 22.7 Å². The number of carbonyl (C=O) groups is 1. The van der Waals surface area contributed by atoms with Crippen molar-refractivity contribution in [1.29, 1.82) is 0 Å². The van der Waals surface area contributed by atoms with Gasteiger partial charge in [0.05, 0.1) is 12.7 Å². The van der Waals surface area contributed by atoms with Gasteiger partial charge in [0.2, 0.25) is 5.89 Å². The zero-order valence-corrected chi connectivity index (χ0v) is 20.0. The van der Waals surface area contributed by atoms with Gasteiger partial charge in [-0.2, -0.15) is 8.78 Å². The van der Waals surface area contributed by atoms with E-state index in [2.05, 4.69) is 20.5 Å². The van der Waals surface area contributed by atoms with E-state index in [1.165, 1.54) is 0 Å². The lowest BCUT2D eigenvalue weighted by Gasteiger charge is -2.24. The topological polar surface area (TPSA) is 99.2 Å². The van der Waals surface area contributed by atoms with E-state index >= 15 is 0 Å². The van der Waals surface area contributed by atoms with Crippen LogP contribution in [0.1, 0.15) is 49.8 Å². The molecule has 1 amide bonds. The van der Waals surface area contributed by atoms with Gasteiger partial charge in [-0.3, -0.25) is 4.90 Å². The fraction of sp³-hybridized carbons (Fsp3) is 0.320. The molecule has 0 bridgehead atoms. The van der Waals surface area contributed by atoms with Gasteiger partial charge in [0, 0.05) is 24.2 Å². The van der Waals surface area contributed by atoms with Crippen LogP contribution in [0.25, 0.3) is 22.7 Å². The maximum absolute atomic E-state index is 12.7. The Kier molecular flexibility index (Phi) is 5.99. The molecule has 0 unspecified atom stereocenters. The highest BCUT2D eigenvalue weighted by Crippen LogP contribution is 2.29. The number of carbonyl (C=O) groups excluding carboxylic acids is 1. The van der Waals surface area contributed by atoms with Gasteiger partial charge in [-0.15, -0.1) is 15.3 Å². The number of ether oxygens (including phenoxy) is 1. The largest absolute Gasteiger partial charge is 0.444 e. The molecule has 186 valence electrons. The second-order valence-corrected chi connectivity index (χ2v) is 9.56. The van der Waals surface area contributed by atoms with Crippen LogP contribution < -0.4 is 0 Å². The molecule has 9 nitrogen and oxygen atoms in total. The number of halogens is 2. The molecular formula is C25H24F2N6O3. The Bertz CT molecular complexity index is 1390. The highest BCUT2D eigenvalue weighted by atomic mass is 19.3. The molecule has 1 aliphatic rings. The van der Waals surface area contributed by atoms with E-state index in [9.17, 15) is 13.6 Å². The molecule has 1 aliphatic heterocycles. The SMILES string of the molecule is CC(C)(C)OC(=O)N1Cc2ccc(-c3cn(Cc4ccc(-c5nnc(C(F)F)o5)cc4)nn3)cc2C1. The summed E-state index contributed by atoms with van der Waals surface area (Å²) in [6, 6.07) is 13.1. The molecular weight excluding hydrogens is 470 g/mol. The lowest BCUT2D eigenvalue weighted by Crippen LogP contribution is -2.33. The maximum Gasteiger partial charge on any atom is 0.410 e. The number of alkyl halides is 2. The summed E-state index contributed by atoms with van der Waals surface area (Å²) in [6.07, 6.45) is -1.28. The van der Waals surface area contributed by atoms with E-state index < -0.39 is 17.9 Å². The van der Waals surface area contributed by atoms with Crippen molar-refractivity contribution in [1.82, 2.24) is 30.1 Å². The smallest absolute Gasteiger partial charge is 0.410 e. The number of nitrogens with zero attached hydrogens (tertiary/aromatic N) is 6. The first-order valence-corrected chi connectivity index (χ1v) is 11.4. The fourth-order valence-corrected chi connectivity index (χ4v) is 3.90. The molecule has 2 aromatic carbocycles. The fourth-order valence-electron chi connectivity index (χ4n) is 3.90. The number of fused-ring (bicyclic) bond motifs is 1. The predicted octanol–water partition coefficient (Wildman–Crippen LogP) is 5.23. The van der Waals surface area contributed by atoms with Crippen molar-refractivity contribution in [2.75, 3.05) is 0 Å². The molecule has 0 spiro atoms. The van der Waals surface area contributed by atoms with Gasteiger partial charge in [-0.05, 0) is 55.7 Å². The van der Waals surface area contributed by atoms with Gasteiger partial charge >= 0.3 is 12.5 Å². The number of benzene rings is 2. The lowest BCUT2D eigenvalue weighted by atomic mass is 10.0. The molecule has 5 rings (SSSR count). The molecule has 0 fully saturated rings. The van der Waals surface area contributed by atoms with Crippen LogP contribution in [-0.2, 0) is 24.4 Å². The number of amides is 1. The predicted molar refractivity (Wildman–Crippen MR) is 125 cm³/mol. The number of hydrogen-bond acceptors (Lipinski definition) is 7. The molecule has 0 atom stereocenters. The van der Waals surface area contributed by atoms with E-state index in [1.807, 2.05) is 57.3 Å². The molecule has 11 heteroatoms. The second-order valence-electron chi connectivity index (χ2n) is 9.56. The zero-order chi connectivity index (χ0) is 25.4. The third-order valence-corrected chi connectivity index (χ3v) is 5.59. The van der Waals surface area contributed by atoms with Gasteiger partial charge < -0.3 is 9.15 Å². The first kappa shape index (κ1) is 23.6. The minimum atomic E-state index is -2.80. The first-order chi connectivity index (χ1) is 17.1. The van der Waals surface area contributed by atoms with Crippen LogP contribution in [0.4, 0.5) is 13.6 Å². The highest BCUT2D eigenvalue weighted by molar-refractivity contribution is 5.70. The summed E-state index contributed by atoms with van der Waals surface area (Å²) in [6.45, 7) is 7.02. The van der Waals surface area contributed by atoms with Crippen molar-refractivity contribution >= 4 is 6.09 Å². The molecule has 3 heterocycles. The Balaban J connectivity index is 1.25. The third-order valence-electron chi connectivity index (χ3n) is 5.59. The average Bonchev–Trinajstić information content (AvgIpc) is 3.57. The molecule has 4 aromatic rings. The second kappa shape index (κ2) is 9.14. The molecule has 0 radical (unpaired) electrons. The summed E-state index contributed by atoms with van der Waals surface area (Å²) in [5.41, 5.74) is 4.71. The minimum Gasteiger partial charge on any atom is -0.444 e. The van der Waals surface area contributed by atoms with E-state index in [4.69, 9.17) is 9.15 Å². The van der Waals surface area contributed by atoms with Gasteiger partial charge in [-0.1, -0.05) is 29.5 Å². The van der Waals surface area contributed by atoms with Gasteiger partial charge in [0.1, 0.15) is 11.3 Å². The Morgan fingerprint density at radius 1 is 1.03 bits per heavy atom. The lowest BCUT2D eigenvalue weighted by molar-refractivity contribution is 0.0242. The van der Waals surface area contributed by atoms with E-state index in [1.54, 1.807) is 21.7 Å². The van der Waals surface area contributed by atoms with E-state index in [0.717, 1.165) is 27.9 Å². The van der Waals surface area contributed by atoms with E-state index in [0.29, 0.717) is 25.2 Å². The minimum absolute atomic E-state index is 0.0433. The summed E-state index contributed by atoms with van der Waals surface area (Å²) < 4.78 is 37.5. The quantitative estimate of drug-likeness (QED) is 0.374. The van der Waals surface area contributed by atoms with E-state index in [-0.39, 0.29) is 12.0 Å². The maximum atomic E-state index is 12.7. The average molecular weight is 495 g/mol. The van der Waals surface area contributed by atoms with Crippen LogP contribution >= 0.6 is 0 Å². The Morgan fingerprint density at radius 2 is 1.75 bits per heavy atom. The molecule has 36 heavy (non-hydrogen) atoms. The Labute approximate surface area is 205 Å². The summed E-state index contributed by atoms with van der Waals surface area (Å²) in [4.78, 5) is 14.1. The van der Waals surface area contributed by atoms with Gasteiger partial charge in [0.15, 0.2) is 0 Å². The molecule has 0 saturated carbocycles. The summed E-state index contributed by atoms with van der Waals surface area (Å²) in [5, 5.41) is 15.5. The Hall–Kier alpha value is -4.15. The number of rotatable bonds is 5. The van der Waals surface area contributed by atoms with Crippen LogP contribution in [0.2, 0.25) is 0 Å². The van der Waals surface area contributed by atoms with Gasteiger partial charge in [0.25, 0.3) is 5.89 Å². The van der Waals surface area contributed by atoms with Gasteiger partial charge in [-0.25, -0.2) is 9.48 Å². The van der Waals surface area contributed by atoms with Crippen LogP contribution in [-0.4, -0.2) is 41.8 Å². The number of aromatic nitrogens is 5.